The molecule has 0 saturated carbocycles. The molecule has 66 valence electrons. The Morgan fingerprint density at radius 3 is 2.73 bits per heavy atom. The molecular formula is C7H16N2O2. The molecule has 0 aliphatic heterocycles. The zero-order valence-electron chi connectivity index (χ0n) is 6.68. The largest absolute Gasteiger partial charge is 0.396 e. The van der Waals surface area contributed by atoms with Gasteiger partial charge >= 0.3 is 0 Å². The van der Waals surface area contributed by atoms with E-state index in [9.17, 15) is 4.79 Å². The topological polar surface area (TPSA) is 75.4 Å². The van der Waals surface area contributed by atoms with Crippen LogP contribution in [0.5, 0.6) is 0 Å². The molecule has 0 unspecified atom stereocenters. The number of amides is 1. The van der Waals surface area contributed by atoms with Crippen molar-refractivity contribution in [3.8, 4) is 0 Å². The Labute approximate surface area is 66.8 Å². The molecule has 1 amide bonds. The van der Waals surface area contributed by atoms with Gasteiger partial charge in [-0.3, -0.25) is 4.79 Å². The lowest BCUT2D eigenvalue weighted by Crippen LogP contribution is -2.25. The average molecular weight is 160 g/mol. The van der Waals surface area contributed by atoms with Gasteiger partial charge in [-0.05, 0) is 19.4 Å². The van der Waals surface area contributed by atoms with Crippen LogP contribution in [0.25, 0.3) is 0 Å². The van der Waals surface area contributed by atoms with Gasteiger partial charge < -0.3 is 16.2 Å². The van der Waals surface area contributed by atoms with Crippen LogP contribution in [0.1, 0.15) is 19.3 Å². The summed E-state index contributed by atoms with van der Waals surface area (Å²) in [6.45, 7) is 1.23. The Hall–Kier alpha value is -0.610. The highest BCUT2D eigenvalue weighted by molar-refractivity contribution is 5.75. The second-order valence-corrected chi connectivity index (χ2v) is 2.32. The summed E-state index contributed by atoms with van der Waals surface area (Å²) in [6, 6.07) is 0. The normalized spacial score (nSPS) is 9.64. The van der Waals surface area contributed by atoms with E-state index in [-0.39, 0.29) is 12.5 Å². The van der Waals surface area contributed by atoms with E-state index in [1.165, 1.54) is 0 Å². The third kappa shape index (κ3) is 7.29. The van der Waals surface area contributed by atoms with E-state index in [1.54, 1.807) is 0 Å². The highest BCUT2D eigenvalue weighted by Gasteiger charge is 1.97. The highest BCUT2D eigenvalue weighted by atomic mass is 16.3. The first kappa shape index (κ1) is 10.4. The molecule has 0 radical (unpaired) electrons. The van der Waals surface area contributed by atoms with Gasteiger partial charge in [0.2, 0.25) is 5.91 Å². The maximum absolute atomic E-state index is 10.8. The molecule has 0 saturated heterocycles. The van der Waals surface area contributed by atoms with Gasteiger partial charge in [0.1, 0.15) is 0 Å². The molecule has 0 aliphatic carbocycles. The molecule has 4 heteroatoms. The molecule has 0 bridgehead atoms. The second kappa shape index (κ2) is 7.50. The van der Waals surface area contributed by atoms with Crippen molar-refractivity contribution < 1.29 is 9.90 Å². The standard InChI is InChI=1S/C7H16N2O2/c8-4-1-3-7(11)9-5-2-6-10/h10H,1-6,8H2,(H,9,11). The number of nitrogens with one attached hydrogen (secondary N) is 1. The molecule has 4 N–H and O–H groups in total. The van der Waals surface area contributed by atoms with Gasteiger partial charge in [-0.15, -0.1) is 0 Å². The van der Waals surface area contributed by atoms with Crippen LogP contribution in [-0.4, -0.2) is 30.7 Å². The summed E-state index contributed by atoms with van der Waals surface area (Å²) in [5.74, 6) is 0.0175. The molecule has 0 aromatic heterocycles. The molecule has 0 aliphatic rings. The van der Waals surface area contributed by atoms with Crippen LogP contribution in [0.2, 0.25) is 0 Å². The summed E-state index contributed by atoms with van der Waals surface area (Å²) in [4.78, 5) is 10.8. The van der Waals surface area contributed by atoms with Crippen LogP contribution in [0.15, 0.2) is 0 Å². The van der Waals surface area contributed by atoms with Crippen molar-refractivity contribution in [2.24, 2.45) is 5.73 Å². The molecule has 0 aromatic carbocycles. The Balaban J connectivity index is 3.09. The lowest BCUT2D eigenvalue weighted by molar-refractivity contribution is -0.121. The van der Waals surface area contributed by atoms with Crippen molar-refractivity contribution in [3.05, 3.63) is 0 Å². The predicted molar refractivity (Wildman–Crippen MR) is 43.0 cm³/mol. The van der Waals surface area contributed by atoms with Gasteiger partial charge in [0, 0.05) is 19.6 Å². The fraction of sp³-hybridized carbons (Fsp3) is 0.857. The van der Waals surface area contributed by atoms with Gasteiger partial charge in [-0.1, -0.05) is 0 Å². The van der Waals surface area contributed by atoms with E-state index in [2.05, 4.69) is 5.32 Å². The number of aliphatic hydroxyl groups excluding tert-OH is 1. The van der Waals surface area contributed by atoms with Crippen molar-refractivity contribution in [3.63, 3.8) is 0 Å². The van der Waals surface area contributed by atoms with Crippen LogP contribution in [0, 0.1) is 0 Å². The van der Waals surface area contributed by atoms with Gasteiger partial charge in [-0.2, -0.15) is 0 Å². The summed E-state index contributed by atoms with van der Waals surface area (Å²) in [7, 11) is 0. The SMILES string of the molecule is NCCCC(=O)NCCCO. The first-order valence-electron chi connectivity index (χ1n) is 3.89. The van der Waals surface area contributed by atoms with Crippen molar-refractivity contribution >= 4 is 5.91 Å². The van der Waals surface area contributed by atoms with Crippen molar-refractivity contribution in [1.29, 1.82) is 0 Å². The Morgan fingerprint density at radius 1 is 1.45 bits per heavy atom. The van der Waals surface area contributed by atoms with Gasteiger partial charge in [0.25, 0.3) is 0 Å². The molecule has 4 nitrogen and oxygen atoms in total. The fourth-order valence-corrected chi connectivity index (χ4v) is 0.658. The highest BCUT2D eigenvalue weighted by Crippen LogP contribution is 1.85. The average Bonchev–Trinajstić information content (AvgIpc) is 2.01. The summed E-state index contributed by atoms with van der Waals surface area (Å²) < 4.78 is 0. The van der Waals surface area contributed by atoms with Crippen molar-refractivity contribution in [2.75, 3.05) is 19.7 Å². The maximum atomic E-state index is 10.8. The predicted octanol–water partition coefficient (Wildman–Crippen LogP) is -0.776. The lowest BCUT2D eigenvalue weighted by atomic mass is 10.3. The molecule has 0 heterocycles. The quantitative estimate of drug-likeness (QED) is 0.446. The second-order valence-electron chi connectivity index (χ2n) is 2.32. The maximum Gasteiger partial charge on any atom is 0.220 e. The van der Waals surface area contributed by atoms with Gasteiger partial charge in [0.15, 0.2) is 0 Å². The van der Waals surface area contributed by atoms with Crippen LogP contribution in [0.3, 0.4) is 0 Å². The Morgan fingerprint density at radius 2 is 2.18 bits per heavy atom. The summed E-state index contributed by atoms with van der Waals surface area (Å²) >= 11 is 0. The molecule has 0 rings (SSSR count). The number of carbonyl (C=O) groups is 1. The first-order chi connectivity index (χ1) is 5.31. The van der Waals surface area contributed by atoms with E-state index >= 15 is 0 Å². The molecule has 0 atom stereocenters. The minimum Gasteiger partial charge on any atom is -0.396 e. The number of hydrogen-bond donors (Lipinski definition) is 3. The van der Waals surface area contributed by atoms with E-state index in [1.807, 2.05) is 0 Å². The van der Waals surface area contributed by atoms with Crippen LogP contribution < -0.4 is 11.1 Å². The monoisotopic (exact) mass is 160 g/mol. The minimum atomic E-state index is 0.0175. The van der Waals surface area contributed by atoms with Crippen LogP contribution in [-0.2, 0) is 4.79 Å². The van der Waals surface area contributed by atoms with E-state index in [0.29, 0.717) is 25.9 Å². The summed E-state index contributed by atoms with van der Waals surface area (Å²) in [6.07, 6.45) is 1.83. The summed E-state index contributed by atoms with van der Waals surface area (Å²) in [5.41, 5.74) is 5.21. The van der Waals surface area contributed by atoms with Gasteiger partial charge in [0.05, 0.1) is 0 Å². The Bertz CT molecular complexity index is 107. The third-order valence-electron chi connectivity index (χ3n) is 1.27. The van der Waals surface area contributed by atoms with E-state index in [0.717, 1.165) is 6.42 Å². The van der Waals surface area contributed by atoms with E-state index in [4.69, 9.17) is 10.8 Å². The fourth-order valence-electron chi connectivity index (χ4n) is 0.658. The number of hydrogen-bond acceptors (Lipinski definition) is 3. The van der Waals surface area contributed by atoms with Crippen molar-refractivity contribution in [1.82, 2.24) is 5.32 Å². The Kier molecular flexibility index (Phi) is 7.08. The lowest BCUT2D eigenvalue weighted by Gasteiger charge is -2.01. The smallest absolute Gasteiger partial charge is 0.220 e. The van der Waals surface area contributed by atoms with Crippen molar-refractivity contribution in [2.45, 2.75) is 19.3 Å². The number of carbonyl (C=O) groups excluding carboxylic acids is 1. The molecular weight excluding hydrogens is 144 g/mol. The number of rotatable bonds is 6. The van der Waals surface area contributed by atoms with Crippen LogP contribution >= 0.6 is 0 Å². The molecule has 11 heavy (non-hydrogen) atoms. The van der Waals surface area contributed by atoms with E-state index < -0.39 is 0 Å². The minimum absolute atomic E-state index is 0.0175. The third-order valence-corrected chi connectivity index (χ3v) is 1.27. The number of aliphatic hydroxyl groups is 1. The first-order valence-corrected chi connectivity index (χ1v) is 3.89. The van der Waals surface area contributed by atoms with Crippen LogP contribution in [0.4, 0.5) is 0 Å². The zero-order valence-corrected chi connectivity index (χ0v) is 6.68. The number of nitrogens with two attached hydrogens (primary N) is 1. The molecule has 0 spiro atoms. The molecule has 0 fully saturated rings. The van der Waals surface area contributed by atoms with Gasteiger partial charge in [-0.25, -0.2) is 0 Å². The zero-order chi connectivity index (χ0) is 8.53. The molecule has 0 aromatic rings. The summed E-state index contributed by atoms with van der Waals surface area (Å²) in [5, 5.41) is 11.0.